The van der Waals surface area contributed by atoms with E-state index in [0.717, 1.165) is 47.5 Å². The Hall–Kier alpha value is -2.87. The predicted octanol–water partition coefficient (Wildman–Crippen LogP) is 3.21. The van der Waals surface area contributed by atoms with E-state index < -0.39 is 0 Å². The lowest BCUT2D eigenvalue weighted by Crippen LogP contribution is -2.24. The lowest BCUT2D eigenvalue weighted by Gasteiger charge is -2.19. The molecule has 3 aromatic rings. The number of hydrogen-bond acceptors (Lipinski definition) is 6. The van der Waals surface area contributed by atoms with Crippen LogP contribution in [0, 0.1) is 0 Å². The molecule has 0 radical (unpaired) electrons. The molecule has 1 aromatic carbocycles. The maximum atomic E-state index is 12.8. The van der Waals surface area contributed by atoms with E-state index in [-0.39, 0.29) is 5.91 Å². The second-order valence-electron chi connectivity index (χ2n) is 6.37. The Morgan fingerprint density at radius 1 is 1.15 bits per heavy atom. The zero-order valence-corrected chi connectivity index (χ0v) is 15.8. The van der Waals surface area contributed by atoms with Gasteiger partial charge in [0.15, 0.2) is 5.16 Å². The van der Waals surface area contributed by atoms with Crippen LogP contribution in [0.2, 0.25) is 0 Å². The van der Waals surface area contributed by atoms with Gasteiger partial charge in [-0.25, -0.2) is 4.98 Å². The monoisotopic (exact) mass is 380 g/mol. The quantitative estimate of drug-likeness (QED) is 0.732. The van der Waals surface area contributed by atoms with E-state index in [1.807, 2.05) is 41.9 Å². The minimum absolute atomic E-state index is 0.140. The number of amides is 1. The maximum absolute atomic E-state index is 12.8. The molecule has 0 aliphatic carbocycles. The minimum atomic E-state index is -0.140. The molecule has 1 aliphatic rings. The number of benzene rings is 1. The van der Waals surface area contributed by atoms with Crippen LogP contribution in [0.15, 0.2) is 59.0 Å². The Bertz CT molecular complexity index is 933. The summed E-state index contributed by atoms with van der Waals surface area (Å²) in [6, 6.07) is 11.3. The topological polar surface area (TPSA) is 75.9 Å². The molecule has 0 unspecified atom stereocenters. The number of aryl methyl sites for hydroxylation is 1. The van der Waals surface area contributed by atoms with Gasteiger partial charge in [-0.1, -0.05) is 0 Å². The van der Waals surface area contributed by atoms with Crippen LogP contribution < -0.4 is 10.2 Å². The number of rotatable bonds is 5. The first-order valence-corrected chi connectivity index (χ1v) is 9.65. The highest BCUT2D eigenvalue weighted by Crippen LogP contribution is 2.27. The fraction of sp³-hybridized carbons (Fsp3) is 0.263. The Labute approximate surface area is 161 Å². The Morgan fingerprint density at radius 2 is 1.93 bits per heavy atom. The van der Waals surface area contributed by atoms with Crippen LogP contribution in [-0.4, -0.2) is 38.7 Å². The summed E-state index contributed by atoms with van der Waals surface area (Å²) in [6.45, 7) is 1.90. The van der Waals surface area contributed by atoms with Crippen molar-refractivity contribution >= 4 is 29.2 Å². The maximum Gasteiger partial charge on any atom is 0.259 e. The average molecular weight is 380 g/mol. The number of aromatic nitrogens is 4. The molecular weight excluding hydrogens is 360 g/mol. The lowest BCUT2D eigenvalue weighted by atomic mass is 10.2. The summed E-state index contributed by atoms with van der Waals surface area (Å²) in [7, 11) is 1.91. The van der Waals surface area contributed by atoms with Gasteiger partial charge < -0.3 is 14.8 Å². The zero-order chi connectivity index (χ0) is 18.6. The van der Waals surface area contributed by atoms with E-state index in [4.69, 9.17) is 0 Å². The molecule has 138 valence electrons. The van der Waals surface area contributed by atoms with Crippen molar-refractivity contribution in [3.05, 3.63) is 54.5 Å². The molecule has 7 nitrogen and oxygen atoms in total. The molecule has 0 spiro atoms. The lowest BCUT2D eigenvalue weighted by molar-refractivity contribution is 0.102. The fourth-order valence-corrected chi connectivity index (χ4v) is 3.79. The van der Waals surface area contributed by atoms with Gasteiger partial charge in [-0.15, -0.1) is 10.2 Å². The third-order valence-electron chi connectivity index (χ3n) is 4.43. The number of carbonyl (C=O) groups is 1. The molecule has 4 rings (SSSR count). The van der Waals surface area contributed by atoms with Crippen molar-refractivity contribution in [2.45, 2.75) is 22.9 Å². The van der Waals surface area contributed by atoms with Crippen LogP contribution in [0.4, 0.5) is 11.5 Å². The van der Waals surface area contributed by atoms with Crippen LogP contribution in [0.25, 0.3) is 0 Å². The highest BCUT2D eigenvalue weighted by atomic mass is 32.2. The van der Waals surface area contributed by atoms with E-state index in [2.05, 4.69) is 25.4 Å². The first-order chi connectivity index (χ1) is 13.2. The Morgan fingerprint density at radius 3 is 2.63 bits per heavy atom. The number of hydrogen-bond donors (Lipinski definition) is 1. The molecule has 1 aliphatic heterocycles. The Kier molecular flexibility index (Phi) is 5.06. The van der Waals surface area contributed by atoms with Crippen LogP contribution in [0.5, 0.6) is 0 Å². The van der Waals surface area contributed by atoms with Gasteiger partial charge in [0.25, 0.3) is 5.91 Å². The van der Waals surface area contributed by atoms with Crippen LogP contribution in [0.3, 0.4) is 0 Å². The van der Waals surface area contributed by atoms with Crippen molar-refractivity contribution in [3.63, 3.8) is 0 Å². The molecule has 2 aromatic heterocycles. The molecule has 1 N–H and O–H groups in total. The van der Waals surface area contributed by atoms with E-state index >= 15 is 0 Å². The first-order valence-electron chi connectivity index (χ1n) is 8.84. The summed E-state index contributed by atoms with van der Waals surface area (Å²) in [5.74, 6) is 0.626. The predicted molar refractivity (Wildman–Crippen MR) is 105 cm³/mol. The fourth-order valence-electron chi connectivity index (χ4n) is 3.03. The van der Waals surface area contributed by atoms with Gasteiger partial charge in [0.1, 0.15) is 12.1 Å². The number of anilines is 2. The van der Waals surface area contributed by atoms with Gasteiger partial charge in [-0.2, -0.15) is 0 Å². The Balaban J connectivity index is 1.46. The van der Waals surface area contributed by atoms with Gasteiger partial charge in [0, 0.05) is 36.9 Å². The van der Waals surface area contributed by atoms with Gasteiger partial charge in [0.2, 0.25) is 0 Å². The number of nitrogens with one attached hydrogen (secondary N) is 1. The van der Waals surface area contributed by atoms with E-state index in [1.165, 1.54) is 11.8 Å². The average Bonchev–Trinajstić information content (AvgIpc) is 3.36. The summed E-state index contributed by atoms with van der Waals surface area (Å²) >= 11 is 1.52. The summed E-state index contributed by atoms with van der Waals surface area (Å²) in [5.41, 5.74) is 1.36. The van der Waals surface area contributed by atoms with Gasteiger partial charge in [-0.05, 0) is 61.0 Å². The SMILES string of the molecule is Cn1cnnc1Sc1ccc(NC(=O)c2cccnc2N2CCCC2)cc1. The van der Waals surface area contributed by atoms with Gasteiger partial charge in [0.05, 0.1) is 5.56 Å². The highest BCUT2D eigenvalue weighted by molar-refractivity contribution is 7.99. The first kappa shape index (κ1) is 17.5. The molecule has 1 amide bonds. The molecule has 0 atom stereocenters. The third kappa shape index (κ3) is 3.95. The third-order valence-corrected chi connectivity index (χ3v) is 5.49. The van der Waals surface area contributed by atoms with Gasteiger partial charge >= 0.3 is 0 Å². The molecule has 1 saturated heterocycles. The van der Waals surface area contributed by atoms with Gasteiger partial charge in [-0.3, -0.25) is 4.79 Å². The molecule has 3 heterocycles. The van der Waals surface area contributed by atoms with Crippen LogP contribution >= 0.6 is 11.8 Å². The zero-order valence-electron chi connectivity index (χ0n) is 15.0. The molecule has 0 saturated carbocycles. The summed E-state index contributed by atoms with van der Waals surface area (Å²) in [4.78, 5) is 20.4. The van der Waals surface area contributed by atoms with Crippen molar-refractivity contribution in [2.75, 3.05) is 23.3 Å². The highest BCUT2D eigenvalue weighted by Gasteiger charge is 2.20. The van der Waals surface area contributed by atoms with Crippen molar-refractivity contribution < 1.29 is 4.79 Å². The molecular formula is C19H20N6OS. The standard InChI is InChI=1S/C19H20N6OS/c1-24-13-21-23-19(24)27-15-8-6-14(7-9-15)22-18(26)16-5-4-10-20-17(16)25-11-2-3-12-25/h4-10,13H,2-3,11-12H2,1H3,(H,22,26). The molecule has 27 heavy (non-hydrogen) atoms. The largest absolute Gasteiger partial charge is 0.356 e. The summed E-state index contributed by atoms with van der Waals surface area (Å²) in [5, 5.41) is 11.7. The molecule has 0 bridgehead atoms. The minimum Gasteiger partial charge on any atom is -0.356 e. The summed E-state index contributed by atoms with van der Waals surface area (Å²) in [6.07, 6.45) is 5.69. The smallest absolute Gasteiger partial charge is 0.259 e. The second-order valence-corrected chi connectivity index (χ2v) is 7.41. The second kappa shape index (κ2) is 7.79. The van der Waals surface area contributed by atoms with Crippen molar-refractivity contribution in [3.8, 4) is 0 Å². The summed E-state index contributed by atoms with van der Waals surface area (Å²) < 4.78 is 1.86. The number of carbonyl (C=O) groups excluding carboxylic acids is 1. The van der Waals surface area contributed by atoms with Crippen molar-refractivity contribution in [1.82, 2.24) is 19.7 Å². The van der Waals surface area contributed by atoms with Crippen LogP contribution in [0.1, 0.15) is 23.2 Å². The number of nitrogens with zero attached hydrogens (tertiary/aromatic N) is 5. The van der Waals surface area contributed by atoms with Crippen LogP contribution in [-0.2, 0) is 7.05 Å². The molecule has 8 heteroatoms. The van der Waals surface area contributed by atoms with E-state index in [1.54, 1.807) is 18.6 Å². The van der Waals surface area contributed by atoms with E-state index in [0.29, 0.717) is 5.56 Å². The van der Waals surface area contributed by atoms with Crippen molar-refractivity contribution in [2.24, 2.45) is 7.05 Å². The normalized spacial score (nSPS) is 13.7. The van der Waals surface area contributed by atoms with E-state index in [9.17, 15) is 4.79 Å². The number of pyridine rings is 1. The molecule has 1 fully saturated rings. The van der Waals surface area contributed by atoms with Crippen molar-refractivity contribution in [1.29, 1.82) is 0 Å².